The third-order valence-corrected chi connectivity index (χ3v) is 4.38. The normalized spacial score (nSPS) is 10.7. The number of aryl methyl sites for hydroxylation is 4. The fraction of sp³-hybridized carbons (Fsp3) is 0.400. The molecule has 0 fully saturated rings. The molecule has 1 heterocycles. The summed E-state index contributed by atoms with van der Waals surface area (Å²) in [7, 11) is 0. The lowest BCUT2D eigenvalue weighted by molar-refractivity contribution is 0.985. The second-order valence-electron chi connectivity index (χ2n) is 4.73. The van der Waals surface area contributed by atoms with Crippen molar-refractivity contribution in [2.24, 2.45) is 0 Å². The second-order valence-corrected chi connectivity index (χ2v) is 6.01. The summed E-state index contributed by atoms with van der Waals surface area (Å²) in [5.74, 6) is 0. The summed E-state index contributed by atoms with van der Waals surface area (Å²) >= 11 is 1.80. The molecule has 2 nitrogen and oxygen atoms in total. The fourth-order valence-electron chi connectivity index (χ4n) is 1.81. The van der Waals surface area contributed by atoms with Crippen LogP contribution in [0.15, 0.2) is 18.2 Å². The Morgan fingerprint density at radius 2 is 1.89 bits per heavy atom. The highest BCUT2D eigenvalue weighted by molar-refractivity contribution is 7.11. The molecule has 0 amide bonds. The van der Waals surface area contributed by atoms with Crippen molar-refractivity contribution >= 4 is 17.0 Å². The number of nitrogens with zero attached hydrogens (tertiary/aromatic N) is 1. The molecule has 2 rings (SSSR count). The Hall–Kier alpha value is -1.35. The van der Waals surface area contributed by atoms with Gasteiger partial charge in [-0.05, 0) is 51.0 Å². The molecule has 2 aromatic rings. The molecule has 0 saturated carbocycles. The van der Waals surface area contributed by atoms with Crippen molar-refractivity contribution in [1.29, 1.82) is 0 Å². The molecule has 0 aliphatic rings. The largest absolute Gasteiger partial charge is 0.385 e. The molecule has 0 radical (unpaired) electrons. The summed E-state index contributed by atoms with van der Waals surface area (Å²) in [5.41, 5.74) is 5.04. The van der Waals surface area contributed by atoms with E-state index in [0.717, 1.165) is 13.0 Å². The Bertz CT molecular complexity index is 524. The minimum absolute atomic E-state index is 0.939. The molecule has 18 heavy (non-hydrogen) atoms. The van der Waals surface area contributed by atoms with Crippen LogP contribution in [0.25, 0.3) is 0 Å². The van der Waals surface area contributed by atoms with Gasteiger partial charge in [0.15, 0.2) is 0 Å². The highest BCUT2D eigenvalue weighted by Gasteiger charge is 2.03. The van der Waals surface area contributed by atoms with Crippen LogP contribution in [0.1, 0.15) is 26.7 Å². The summed E-state index contributed by atoms with van der Waals surface area (Å²) in [5, 5.41) is 4.68. The van der Waals surface area contributed by atoms with E-state index in [2.05, 4.69) is 56.2 Å². The van der Waals surface area contributed by atoms with Crippen LogP contribution in [0.4, 0.5) is 5.69 Å². The van der Waals surface area contributed by atoms with E-state index in [1.54, 1.807) is 11.3 Å². The fourth-order valence-corrected chi connectivity index (χ4v) is 2.74. The molecule has 96 valence electrons. The van der Waals surface area contributed by atoms with E-state index < -0.39 is 0 Å². The Labute approximate surface area is 113 Å². The minimum Gasteiger partial charge on any atom is -0.385 e. The van der Waals surface area contributed by atoms with Gasteiger partial charge in [0, 0.05) is 23.5 Å². The number of hydrogen-bond donors (Lipinski definition) is 1. The van der Waals surface area contributed by atoms with E-state index in [9.17, 15) is 0 Å². The van der Waals surface area contributed by atoms with Gasteiger partial charge in [-0.1, -0.05) is 6.07 Å². The lowest BCUT2D eigenvalue weighted by Crippen LogP contribution is -2.04. The van der Waals surface area contributed by atoms with Crippen LogP contribution in [0.5, 0.6) is 0 Å². The first-order valence-corrected chi connectivity index (χ1v) is 7.12. The molecule has 3 heteroatoms. The van der Waals surface area contributed by atoms with E-state index in [1.165, 1.54) is 32.4 Å². The number of benzene rings is 1. The minimum atomic E-state index is 0.939. The van der Waals surface area contributed by atoms with E-state index in [0.29, 0.717) is 0 Å². The number of aromatic nitrogens is 1. The van der Waals surface area contributed by atoms with Gasteiger partial charge in [-0.2, -0.15) is 0 Å². The summed E-state index contributed by atoms with van der Waals surface area (Å²) in [6.07, 6.45) is 0.992. The Balaban J connectivity index is 1.90. The van der Waals surface area contributed by atoms with Gasteiger partial charge >= 0.3 is 0 Å². The second kappa shape index (κ2) is 5.53. The van der Waals surface area contributed by atoms with Gasteiger partial charge < -0.3 is 5.32 Å². The van der Waals surface area contributed by atoms with Gasteiger partial charge in [0.05, 0.1) is 10.7 Å². The van der Waals surface area contributed by atoms with Crippen molar-refractivity contribution in [3.8, 4) is 0 Å². The van der Waals surface area contributed by atoms with E-state index in [-0.39, 0.29) is 0 Å². The third kappa shape index (κ3) is 3.10. The van der Waals surface area contributed by atoms with Crippen LogP contribution in [0.2, 0.25) is 0 Å². The molecule has 0 bridgehead atoms. The molecule has 1 N–H and O–H groups in total. The van der Waals surface area contributed by atoms with Crippen molar-refractivity contribution in [3.63, 3.8) is 0 Å². The Kier molecular flexibility index (Phi) is 4.02. The number of thiazole rings is 1. The quantitative estimate of drug-likeness (QED) is 0.897. The average molecular weight is 260 g/mol. The van der Waals surface area contributed by atoms with Gasteiger partial charge in [-0.3, -0.25) is 0 Å². The number of hydrogen-bond acceptors (Lipinski definition) is 3. The monoisotopic (exact) mass is 260 g/mol. The van der Waals surface area contributed by atoms with Crippen molar-refractivity contribution in [1.82, 2.24) is 4.98 Å². The molecular formula is C15H20N2S. The van der Waals surface area contributed by atoms with Gasteiger partial charge in [0.1, 0.15) is 0 Å². The third-order valence-electron chi connectivity index (χ3n) is 3.25. The van der Waals surface area contributed by atoms with E-state index >= 15 is 0 Å². The van der Waals surface area contributed by atoms with Crippen molar-refractivity contribution < 1.29 is 0 Å². The first-order valence-electron chi connectivity index (χ1n) is 6.30. The van der Waals surface area contributed by atoms with Crippen LogP contribution >= 0.6 is 11.3 Å². The Morgan fingerprint density at radius 3 is 2.50 bits per heavy atom. The average Bonchev–Trinajstić information content (AvgIpc) is 2.63. The number of rotatable bonds is 4. The van der Waals surface area contributed by atoms with Crippen molar-refractivity contribution in [2.45, 2.75) is 34.1 Å². The first-order chi connectivity index (χ1) is 8.56. The number of anilines is 1. The summed E-state index contributed by atoms with van der Waals surface area (Å²) in [4.78, 5) is 5.88. The highest BCUT2D eigenvalue weighted by atomic mass is 32.1. The molecule has 0 saturated heterocycles. The maximum absolute atomic E-state index is 4.55. The highest BCUT2D eigenvalue weighted by Crippen LogP contribution is 2.18. The smallest absolute Gasteiger partial charge is 0.0948 e. The topological polar surface area (TPSA) is 24.9 Å². The SMILES string of the molecule is Cc1ccc(NCCc2nc(C)c(C)s2)cc1C. The molecule has 1 aromatic carbocycles. The predicted molar refractivity (Wildman–Crippen MR) is 79.7 cm³/mol. The van der Waals surface area contributed by atoms with Crippen LogP contribution < -0.4 is 5.32 Å². The Morgan fingerprint density at radius 1 is 1.11 bits per heavy atom. The first kappa shape index (κ1) is 13.1. The molecule has 0 spiro atoms. The molecule has 0 unspecified atom stereocenters. The van der Waals surface area contributed by atoms with Crippen LogP contribution in [-0.4, -0.2) is 11.5 Å². The molecule has 0 aliphatic carbocycles. The number of nitrogens with one attached hydrogen (secondary N) is 1. The maximum Gasteiger partial charge on any atom is 0.0948 e. The zero-order chi connectivity index (χ0) is 13.1. The standard InChI is InChI=1S/C15H20N2S/c1-10-5-6-14(9-11(10)2)16-8-7-15-17-12(3)13(4)18-15/h5-6,9,16H,7-8H2,1-4H3. The van der Waals surface area contributed by atoms with Crippen LogP contribution in [-0.2, 0) is 6.42 Å². The maximum atomic E-state index is 4.55. The zero-order valence-electron chi connectivity index (χ0n) is 11.5. The molecule has 0 aliphatic heterocycles. The molecule has 1 aromatic heterocycles. The van der Waals surface area contributed by atoms with Gasteiger partial charge in [0.25, 0.3) is 0 Å². The lowest BCUT2D eigenvalue weighted by atomic mass is 10.1. The summed E-state index contributed by atoms with van der Waals surface area (Å²) in [6, 6.07) is 6.50. The van der Waals surface area contributed by atoms with Gasteiger partial charge in [0.2, 0.25) is 0 Å². The van der Waals surface area contributed by atoms with Gasteiger partial charge in [-0.25, -0.2) is 4.98 Å². The van der Waals surface area contributed by atoms with Crippen LogP contribution in [0, 0.1) is 27.7 Å². The predicted octanol–water partition coefficient (Wildman–Crippen LogP) is 4.03. The molecule has 0 atom stereocenters. The lowest BCUT2D eigenvalue weighted by Gasteiger charge is -2.07. The van der Waals surface area contributed by atoms with Gasteiger partial charge in [-0.15, -0.1) is 11.3 Å². The van der Waals surface area contributed by atoms with Crippen molar-refractivity contribution in [3.05, 3.63) is 44.9 Å². The summed E-state index contributed by atoms with van der Waals surface area (Å²) < 4.78 is 0. The summed E-state index contributed by atoms with van der Waals surface area (Å²) in [6.45, 7) is 9.43. The van der Waals surface area contributed by atoms with Crippen LogP contribution in [0.3, 0.4) is 0 Å². The zero-order valence-corrected chi connectivity index (χ0v) is 12.3. The van der Waals surface area contributed by atoms with Crippen molar-refractivity contribution in [2.75, 3.05) is 11.9 Å². The van der Waals surface area contributed by atoms with E-state index in [4.69, 9.17) is 0 Å². The molecular weight excluding hydrogens is 240 g/mol. The van der Waals surface area contributed by atoms with E-state index in [1.807, 2.05) is 0 Å².